The first kappa shape index (κ1) is 18.7. The molecule has 2 aromatic heterocycles. The summed E-state index contributed by atoms with van der Waals surface area (Å²) >= 11 is 1.73. The average Bonchev–Trinajstić information content (AvgIpc) is 2.93. The van der Waals surface area contributed by atoms with Crippen LogP contribution in [0.25, 0.3) is 5.65 Å². The highest BCUT2D eigenvalue weighted by atomic mass is 32.2. The third kappa shape index (κ3) is 3.88. The number of hydrogen-bond acceptors (Lipinski definition) is 7. The number of aryl methyl sites for hydroxylation is 2. The van der Waals surface area contributed by atoms with E-state index >= 15 is 0 Å². The Morgan fingerprint density at radius 2 is 2.28 bits per heavy atom. The molecule has 25 heavy (non-hydrogen) atoms. The third-order valence-corrected chi connectivity index (χ3v) is 4.34. The van der Waals surface area contributed by atoms with Gasteiger partial charge in [-0.05, 0) is 25.7 Å². The van der Waals surface area contributed by atoms with E-state index in [2.05, 4.69) is 28.2 Å². The number of hydrazine groups is 1. The number of fused-ring (bicyclic) bond motifs is 1. The molecule has 0 aliphatic carbocycles. The highest BCUT2D eigenvalue weighted by Crippen LogP contribution is 2.25. The van der Waals surface area contributed by atoms with Crippen molar-refractivity contribution in [1.29, 1.82) is 5.26 Å². The van der Waals surface area contributed by atoms with Crippen LogP contribution in [0.3, 0.4) is 0 Å². The second-order valence-corrected chi connectivity index (χ2v) is 6.35. The summed E-state index contributed by atoms with van der Waals surface area (Å²) in [6.07, 6.45) is 8.20. The third-order valence-electron chi connectivity index (χ3n) is 3.75. The van der Waals surface area contributed by atoms with Crippen LogP contribution in [0.4, 0.5) is 11.6 Å². The average molecular weight is 357 g/mol. The number of thioether (sulfide) groups is 1. The number of nitriles is 1. The van der Waals surface area contributed by atoms with Crippen molar-refractivity contribution < 1.29 is 0 Å². The minimum atomic E-state index is 0.277. The largest absolute Gasteiger partial charge is 0.382 e. The van der Waals surface area contributed by atoms with Crippen LogP contribution in [0.5, 0.6) is 0 Å². The van der Waals surface area contributed by atoms with E-state index < -0.39 is 0 Å². The number of nitrogens with one attached hydrogen (secondary N) is 1. The molecule has 2 heterocycles. The molecule has 0 fully saturated rings. The number of aromatic nitrogens is 3. The van der Waals surface area contributed by atoms with Crippen LogP contribution in [0, 0.1) is 18.3 Å². The molecular weight excluding hydrogens is 334 g/mol. The van der Waals surface area contributed by atoms with Gasteiger partial charge in [0.05, 0.1) is 5.69 Å². The van der Waals surface area contributed by atoms with Crippen molar-refractivity contribution in [2.75, 3.05) is 29.7 Å². The normalized spacial score (nSPS) is 11.0. The number of nitrogens with zero attached hydrogens (tertiary/aromatic N) is 5. The Hall–Kier alpha value is -2.66. The molecule has 7 nitrogen and oxygen atoms in total. The van der Waals surface area contributed by atoms with Gasteiger partial charge < -0.3 is 5.73 Å². The maximum absolute atomic E-state index is 9.55. The van der Waals surface area contributed by atoms with Crippen molar-refractivity contribution in [3.8, 4) is 6.07 Å². The van der Waals surface area contributed by atoms with E-state index in [1.54, 1.807) is 22.4 Å². The Kier molecular flexibility index (Phi) is 6.31. The van der Waals surface area contributed by atoms with Crippen LogP contribution >= 0.6 is 11.8 Å². The van der Waals surface area contributed by atoms with E-state index in [9.17, 15) is 5.26 Å². The first-order valence-electron chi connectivity index (χ1n) is 7.96. The summed E-state index contributed by atoms with van der Waals surface area (Å²) in [6.45, 7) is 8.39. The molecule has 132 valence electrons. The molecule has 0 radical (unpaired) electrons. The zero-order valence-corrected chi connectivity index (χ0v) is 15.6. The lowest BCUT2D eigenvalue weighted by Crippen LogP contribution is -2.28. The van der Waals surface area contributed by atoms with Crippen LogP contribution < -0.4 is 11.2 Å². The van der Waals surface area contributed by atoms with Crippen molar-refractivity contribution in [2.45, 2.75) is 20.3 Å². The molecule has 0 atom stereocenters. The first-order chi connectivity index (χ1) is 12.1. The number of rotatable bonds is 8. The molecule has 2 rings (SSSR count). The molecule has 2 aromatic rings. The first-order valence-corrected chi connectivity index (χ1v) is 9.35. The second kappa shape index (κ2) is 8.44. The monoisotopic (exact) mass is 357 g/mol. The van der Waals surface area contributed by atoms with Gasteiger partial charge in [-0.1, -0.05) is 19.6 Å². The van der Waals surface area contributed by atoms with Crippen LogP contribution in [0.1, 0.15) is 23.7 Å². The molecule has 8 heteroatoms. The lowest BCUT2D eigenvalue weighted by Gasteiger charge is -2.22. The molecule has 0 saturated carbocycles. The van der Waals surface area contributed by atoms with Gasteiger partial charge in [0.1, 0.15) is 17.5 Å². The van der Waals surface area contributed by atoms with Gasteiger partial charge in [0.15, 0.2) is 11.5 Å². The van der Waals surface area contributed by atoms with E-state index in [-0.39, 0.29) is 11.4 Å². The molecule has 0 aromatic carbocycles. The molecule has 0 unspecified atom stereocenters. The number of nitrogen functional groups attached to an aromatic ring is 1. The zero-order valence-electron chi connectivity index (χ0n) is 14.8. The summed E-state index contributed by atoms with van der Waals surface area (Å²) in [5.74, 6) is 1.63. The number of anilines is 2. The zero-order chi connectivity index (χ0) is 18.4. The molecule has 0 aliphatic heterocycles. The Balaban J connectivity index is 2.52. The van der Waals surface area contributed by atoms with Gasteiger partial charge in [-0.25, -0.2) is 4.98 Å². The predicted octanol–water partition coefficient (Wildman–Crippen LogP) is 2.75. The van der Waals surface area contributed by atoms with Crippen molar-refractivity contribution in [3.05, 3.63) is 41.8 Å². The van der Waals surface area contributed by atoms with Crippen molar-refractivity contribution >= 4 is 29.0 Å². The molecule has 0 saturated heterocycles. The van der Waals surface area contributed by atoms with Crippen LogP contribution in [-0.4, -0.2) is 38.2 Å². The summed E-state index contributed by atoms with van der Waals surface area (Å²) < 4.78 is 1.55. The van der Waals surface area contributed by atoms with Crippen LogP contribution in [-0.2, 0) is 6.42 Å². The minimum Gasteiger partial charge on any atom is -0.382 e. The highest BCUT2D eigenvalue weighted by Gasteiger charge is 2.19. The van der Waals surface area contributed by atoms with Gasteiger partial charge in [-0.3, -0.25) is 10.4 Å². The van der Waals surface area contributed by atoms with Gasteiger partial charge in [-0.2, -0.15) is 26.6 Å². The molecule has 3 N–H and O–H groups in total. The standard InChI is InChI=1S/C17H23N7S/c1-5-7-8-23(9-10-25-4)22-16-14(11-18)15(19)24-17(20-16)13(6-2)12(3)21-24/h5,7-8H,1,6,9-10,19H2,2-4H3,(H,20,22)/b8-7-. The fourth-order valence-electron chi connectivity index (χ4n) is 2.48. The summed E-state index contributed by atoms with van der Waals surface area (Å²) in [5.41, 5.74) is 12.2. The van der Waals surface area contributed by atoms with E-state index in [0.29, 0.717) is 11.5 Å². The van der Waals surface area contributed by atoms with Gasteiger partial charge in [0, 0.05) is 24.1 Å². The number of hydrogen-bond donors (Lipinski definition) is 2. The lowest BCUT2D eigenvalue weighted by molar-refractivity contribution is 0.476. The lowest BCUT2D eigenvalue weighted by atomic mass is 10.2. The van der Waals surface area contributed by atoms with E-state index in [0.717, 1.165) is 30.0 Å². The summed E-state index contributed by atoms with van der Waals surface area (Å²) in [7, 11) is 0. The Bertz CT molecular complexity index is 832. The van der Waals surface area contributed by atoms with Crippen molar-refractivity contribution in [2.24, 2.45) is 0 Å². The second-order valence-electron chi connectivity index (χ2n) is 5.36. The minimum absolute atomic E-state index is 0.277. The van der Waals surface area contributed by atoms with Crippen LogP contribution in [0.2, 0.25) is 0 Å². The van der Waals surface area contributed by atoms with Gasteiger partial charge in [-0.15, -0.1) is 0 Å². The maximum atomic E-state index is 9.55. The van der Waals surface area contributed by atoms with E-state index in [1.165, 1.54) is 0 Å². The number of allylic oxidation sites excluding steroid dienone is 2. The molecular formula is C17H23N7S. The topological polar surface area (TPSA) is 95.3 Å². The molecule has 0 amide bonds. The SMILES string of the molecule is C=C/C=C\N(CCSC)Nc1nc2c(CC)c(C)nn2c(N)c1C#N. The fraction of sp³-hybridized carbons (Fsp3) is 0.353. The van der Waals surface area contributed by atoms with E-state index in [1.807, 2.05) is 37.4 Å². The highest BCUT2D eigenvalue weighted by molar-refractivity contribution is 7.98. The van der Waals surface area contributed by atoms with Crippen molar-refractivity contribution in [3.63, 3.8) is 0 Å². The summed E-state index contributed by atoms with van der Waals surface area (Å²) in [6, 6.07) is 2.13. The number of nitrogens with two attached hydrogens (primary N) is 1. The van der Waals surface area contributed by atoms with Crippen molar-refractivity contribution in [1.82, 2.24) is 19.6 Å². The quantitative estimate of drug-likeness (QED) is 0.554. The Morgan fingerprint density at radius 3 is 2.88 bits per heavy atom. The molecule has 0 aliphatic rings. The van der Waals surface area contributed by atoms with Gasteiger partial charge in [0.25, 0.3) is 0 Å². The molecule has 0 bridgehead atoms. The summed E-state index contributed by atoms with van der Waals surface area (Å²) in [5, 5.41) is 15.8. The fourth-order valence-corrected chi connectivity index (χ4v) is 2.86. The maximum Gasteiger partial charge on any atom is 0.168 e. The smallest absolute Gasteiger partial charge is 0.168 e. The van der Waals surface area contributed by atoms with Crippen LogP contribution in [0.15, 0.2) is 24.9 Å². The van der Waals surface area contributed by atoms with Gasteiger partial charge >= 0.3 is 0 Å². The predicted molar refractivity (Wildman–Crippen MR) is 104 cm³/mol. The molecule has 0 spiro atoms. The Labute approximate surface area is 152 Å². The summed E-state index contributed by atoms with van der Waals surface area (Å²) in [4.78, 5) is 4.63. The van der Waals surface area contributed by atoms with Gasteiger partial charge in [0.2, 0.25) is 0 Å². The van der Waals surface area contributed by atoms with E-state index in [4.69, 9.17) is 5.73 Å². The Morgan fingerprint density at radius 1 is 1.52 bits per heavy atom.